The van der Waals surface area contributed by atoms with Crippen molar-refractivity contribution < 1.29 is 4.79 Å². The molecule has 1 aliphatic rings. The Morgan fingerprint density at radius 2 is 1.78 bits per heavy atom. The summed E-state index contributed by atoms with van der Waals surface area (Å²) in [5, 5.41) is 7.55. The second-order valence-electron chi connectivity index (χ2n) is 8.36. The Kier molecular flexibility index (Phi) is 5.62. The molecular weight excluding hydrogens is 416 g/mol. The van der Waals surface area contributed by atoms with Crippen LogP contribution in [0.1, 0.15) is 39.3 Å². The summed E-state index contributed by atoms with van der Waals surface area (Å²) in [6, 6.07) is 18.8. The maximum absolute atomic E-state index is 12.9. The molecule has 6 heteroatoms. The van der Waals surface area contributed by atoms with Gasteiger partial charge in [-0.15, -0.1) is 11.3 Å². The van der Waals surface area contributed by atoms with Crippen LogP contribution in [0.25, 0.3) is 5.13 Å². The minimum absolute atomic E-state index is 0.134. The van der Waals surface area contributed by atoms with E-state index in [4.69, 9.17) is 10.1 Å². The molecule has 0 saturated carbocycles. The van der Waals surface area contributed by atoms with Crippen molar-refractivity contribution in [2.45, 2.75) is 39.7 Å². The summed E-state index contributed by atoms with van der Waals surface area (Å²) in [5.41, 5.74) is 8.04. The van der Waals surface area contributed by atoms with Gasteiger partial charge in [-0.25, -0.2) is 9.67 Å². The highest BCUT2D eigenvalue weighted by Crippen LogP contribution is 2.24. The van der Waals surface area contributed by atoms with Gasteiger partial charge in [0, 0.05) is 36.1 Å². The van der Waals surface area contributed by atoms with Crippen molar-refractivity contribution in [3.05, 3.63) is 99.3 Å². The molecule has 5 nitrogen and oxygen atoms in total. The van der Waals surface area contributed by atoms with Crippen molar-refractivity contribution in [1.82, 2.24) is 19.7 Å². The molecule has 2 aromatic carbocycles. The summed E-state index contributed by atoms with van der Waals surface area (Å²) < 4.78 is 1.92. The molecule has 4 aromatic rings. The zero-order valence-electron chi connectivity index (χ0n) is 18.4. The summed E-state index contributed by atoms with van der Waals surface area (Å²) >= 11 is 1.54. The van der Waals surface area contributed by atoms with E-state index in [0.29, 0.717) is 13.0 Å². The molecule has 1 amide bonds. The molecule has 1 aliphatic heterocycles. The third kappa shape index (κ3) is 4.10. The third-order valence-corrected chi connectivity index (χ3v) is 7.07. The molecule has 0 unspecified atom stereocenters. The summed E-state index contributed by atoms with van der Waals surface area (Å²) in [6.45, 7) is 5.60. The van der Waals surface area contributed by atoms with Crippen molar-refractivity contribution in [3.8, 4) is 5.13 Å². The lowest BCUT2D eigenvalue weighted by molar-refractivity contribution is -0.131. The van der Waals surface area contributed by atoms with Crippen LogP contribution in [-0.4, -0.2) is 32.1 Å². The summed E-state index contributed by atoms with van der Waals surface area (Å²) in [5.74, 6) is 0.134. The minimum atomic E-state index is 0.134. The van der Waals surface area contributed by atoms with Crippen molar-refractivity contribution in [2.24, 2.45) is 0 Å². The van der Waals surface area contributed by atoms with E-state index < -0.39 is 0 Å². The maximum Gasteiger partial charge on any atom is 0.228 e. The highest BCUT2D eigenvalue weighted by Gasteiger charge is 2.22. The zero-order valence-corrected chi connectivity index (χ0v) is 19.2. The smallest absolute Gasteiger partial charge is 0.228 e. The summed E-state index contributed by atoms with van der Waals surface area (Å²) in [7, 11) is 0. The first-order valence-corrected chi connectivity index (χ1v) is 11.8. The first kappa shape index (κ1) is 20.6. The number of carbonyl (C=O) groups is 1. The van der Waals surface area contributed by atoms with Crippen LogP contribution in [-0.2, 0) is 30.6 Å². The van der Waals surface area contributed by atoms with E-state index in [1.165, 1.54) is 22.3 Å². The van der Waals surface area contributed by atoms with Gasteiger partial charge >= 0.3 is 0 Å². The predicted octanol–water partition coefficient (Wildman–Crippen LogP) is 4.66. The van der Waals surface area contributed by atoms with Gasteiger partial charge < -0.3 is 4.90 Å². The molecule has 0 spiro atoms. The van der Waals surface area contributed by atoms with Gasteiger partial charge in [0.15, 0.2) is 0 Å². The third-order valence-electron chi connectivity index (χ3n) is 6.20. The normalized spacial score (nSPS) is 13.2. The van der Waals surface area contributed by atoms with Crippen LogP contribution in [0, 0.1) is 13.8 Å². The van der Waals surface area contributed by atoms with Crippen molar-refractivity contribution in [3.63, 3.8) is 0 Å². The fourth-order valence-corrected chi connectivity index (χ4v) is 5.19. The maximum atomic E-state index is 12.9. The molecule has 0 bridgehead atoms. The Morgan fingerprint density at radius 3 is 2.59 bits per heavy atom. The van der Waals surface area contributed by atoms with Crippen LogP contribution in [0.3, 0.4) is 0 Å². The number of rotatable bonds is 5. The van der Waals surface area contributed by atoms with Crippen molar-refractivity contribution in [1.29, 1.82) is 0 Å². The fraction of sp³-hybridized carbons (Fsp3) is 0.269. The number of benzene rings is 2. The van der Waals surface area contributed by atoms with Gasteiger partial charge in [0.05, 0.1) is 17.8 Å². The first-order valence-electron chi connectivity index (χ1n) is 11.0. The van der Waals surface area contributed by atoms with Gasteiger partial charge in [0.1, 0.15) is 0 Å². The van der Waals surface area contributed by atoms with Gasteiger partial charge in [0.2, 0.25) is 11.0 Å². The molecule has 0 saturated heterocycles. The standard InChI is InChI=1S/C26H26N4OS/c1-18-24(14-20-8-4-3-5-9-20)19(2)30(28-18)26-27-23(17-32-26)15-25(31)29-13-12-21-10-6-7-11-22(21)16-29/h3-11,17H,12-16H2,1-2H3. The van der Waals surface area contributed by atoms with Crippen LogP contribution in [0.4, 0.5) is 0 Å². The van der Waals surface area contributed by atoms with Crippen LogP contribution in [0.15, 0.2) is 60.0 Å². The number of thiazole rings is 1. The number of aryl methyl sites for hydroxylation is 1. The molecule has 0 N–H and O–H groups in total. The molecule has 0 radical (unpaired) electrons. The molecule has 0 fully saturated rings. The predicted molar refractivity (Wildman–Crippen MR) is 127 cm³/mol. The Bertz CT molecular complexity index is 1260. The van der Waals surface area contributed by atoms with Crippen LogP contribution < -0.4 is 0 Å². The lowest BCUT2D eigenvalue weighted by Gasteiger charge is -2.28. The average Bonchev–Trinajstić information content (AvgIpc) is 3.39. The molecule has 3 heterocycles. The number of hydrogen-bond acceptors (Lipinski definition) is 4. The van der Waals surface area contributed by atoms with E-state index in [1.54, 1.807) is 11.3 Å². The molecule has 162 valence electrons. The zero-order chi connectivity index (χ0) is 22.1. The number of aromatic nitrogens is 3. The Balaban J connectivity index is 1.30. The van der Waals surface area contributed by atoms with Gasteiger partial charge in [-0.1, -0.05) is 54.6 Å². The second-order valence-corrected chi connectivity index (χ2v) is 9.19. The van der Waals surface area contributed by atoms with E-state index in [9.17, 15) is 4.79 Å². The van der Waals surface area contributed by atoms with Crippen molar-refractivity contribution in [2.75, 3.05) is 6.54 Å². The van der Waals surface area contributed by atoms with Crippen LogP contribution in [0.5, 0.6) is 0 Å². The minimum Gasteiger partial charge on any atom is -0.338 e. The number of carbonyl (C=O) groups excluding carboxylic acids is 1. The van der Waals surface area contributed by atoms with E-state index in [-0.39, 0.29) is 5.91 Å². The fourth-order valence-electron chi connectivity index (χ4n) is 4.37. The molecule has 0 aliphatic carbocycles. The Hall–Kier alpha value is -3.25. The highest BCUT2D eigenvalue weighted by atomic mass is 32.1. The number of amides is 1. The summed E-state index contributed by atoms with van der Waals surface area (Å²) in [6.07, 6.45) is 2.10. The number of fused-ring (bicyclic) bond motifs is 1. The van der Waals surface area contributed by atoms with E-state index in [0.717, 1.165) is 41.6 Å². The Morgan fingerprint density at radius 1 is 1.03 bits per heavy atom. The van der Waals surface area contributed by atoms with Gasteiger partial charge in [0.25, 0.3) is 0 Å². The average molecular weight is 443 g/mol. The topological polar surface area (TPSA) is 51.0 Å². The van der Waals surface area contributed by atoms with Gasteiger partial charge in [-0.05, 0) is 37.0 Å². The quantitative estimate of drug-likeness (QED) is 0.452. The van der Waals surface area contributed by atoms with E-state index in [2.05, 4.69) is 49.4 Å². The second kappa shape index (κ2) is 8.71. The van der Waals surface area contributed by atoms with Gasteiger partial charge in [-0.2, -0.15) is 5.10 Å². The molecule has 5 rings (SSSR count). The number of nitrogens with zero attached hydrogens (tertiary/aromatic N) is 4. The van der Waals surface area contributed by atoms with Crippen LogP contribution >= 0.6 is 11.3 Å². The Labute approximate surface area is 192 Å². The molecule has 2 aromatic heterocycles. The largest absolute Gasteiger partial charge is 0.338 e. The first-order chi connectivity index (χ1) is 15.6. The lowest BCUT2D eigenvalue weighted by Crippen LogP contribution is -2.36. The molecule has 0 atom stereocenters. The highest BCUT2D eigenvalue weighted by molar-refractivity contribution is 7.12. The molecular formula is C26H26N4OS. The molecule has 32 heavy (non-hydrogen) atoms. The van der Waals surface area contributed by atoms with Gasteiger partial charge in [-0.3, -0.25) is 4.79 Å². The lowest BCUT2D eigenvalue weighted by atomic mass is 10.00. The van der Waals surface area contributed by atoms with Crippen molar-refractivity contribution >= 4 is 17.2 Å². The van der Waals surface area contributed by atoms with Crippen LogP contribution in [0.2, 0.25) is 0 Å². The summed E-state index contributed by atoms with van der Waals surface area (Å²) in [4.78, 5) is 19.6. The SMILES string of the molecule is Cc1nn(-c2nc(CC(=O)N3CCc4ccccc4C3)cs2)c(C)c1Cc1ccccc1. The van der Waals surface area contributed by atoms with E-state index >= 15 is 0 Å². The number of hydrogen-bond donors (Lipinski definition) is 0. The van der Waals surface area contributed by atoms with E-state index in [1.807, 2.05) is 34.0 Å². The monoisotopic (exact) mass is 442 g/mol.